The average molecular weight is 250 g/mol. The Morgan fingerprint density at radius 2 is 1.95 bits per heavy atom. The topological polar surface area (TPSA) is 64.1 Å². The second-order valence-corrected chi connectivity index (χ2v) is 4.46. The minimum atomic E-state index is 0.696. The molecule has 0 aliphatic carbocycles. The van der Waals surface area contributed by atoms with Gasteiger partial charge < -0.3 is 15.3 Å². The lowest BCUT2D eigenvalue weighted by atomic mass is 9.88. The molecule has 93 valence electrons. The molecule has 0 fully saturated rings. The van der Waals surface area contributed by atoms with Crippen LogP contribution in [0.5, 0.6) is 0 Å². The lowest BCUT2D eigenvalue weighted by Gasteiger charge is -2.05. The van der Waals surface area contributed by atoms with Crippen molar-refractivity contribution in [1.82, 2.24) is 9.55 Å². The van der Waals surface area contributed by atoms with Crippen molar-refractivity contribution in [2.24, 2.45) is 0 Å². The molecule has 0 atom stereocenters. The lowest BCUT2D eigenvalue weighted by Crippen LogP contribution is -2.12. The first kappa shape index (κ1) is 11.8. The highest BCUT2D eigenvalue weighted by molar-refractivity contribution is 6.45. The first-order valence-electron chi connectivity index (χ1n) is 6.03. The van der Waals surface area contributed by atoms with Gasteiger partial charge in [0.2, 0.25) is 0 Å². The summed E-state index contributed by atoms with van der Waals surface area (Å²) in [7, 11) is 1.09. The number of benzene rings is 2. The largest absolute Gasteiger partial charge is 0.450 e. The molecule has 0 bridgehead atoms. The van der Waals surface area contributed by atoms with E-state index in [-0.39, 0.29) is 0 Å². The van der Waals surface area contributed by atoms with Crippen molar-refractivity contribution in [1.29, 1.82) is 0 Å². The Labute approximate surface area is 111 Å². The molecular formula is C14H13BN3O. The van der Waals surface area contributed by atoms with Crippen LogP contribution in [-0.2, 0) is 6.54 Å². The molecule has 3 aromatic rings. The molecule has 0 aliphatic rings. The van der Waals surface area contributed by atoms with E-state index in [1.54, 1.807) is 6.33 Å². The molecule has 3 rings (SSSR count). The Bertz CT molecular complexity index is 706. The molecule has 19 heavy (non-hydrogen) atoms. The third-order valence-electron chi connectivity index (χ3n) is 3.16. The molecule has 0 saturated heterocycles. The van der Waals surface area contributed by atoms with E-state index in [0.717, 1.165) is 36.1 Å². The van der Waals surface area contributed by atoms with Gasteiger partial charge in [0.15, 0.2) is 0 Å². The van der Waals surface area contributed by atoms with Gasteiger partial charge in [-0.2, -0.15) is 0 Å². The molecule has 2 aromatic carbocycles. The first-order chi connectivity index (χ1) is 9.28. The van der Waals surface area contributed by atoms with Crippen molar-refractivity contribution in [3.05, 3.63) is 54.4 Å². The summed E-state index contributed by atoms with van der Waals surface area (Å²) in [6.07, 6.45) is 1.80. The van der Waals surface area contributed by atoms with Crippen LogP contribution in [0.3, 0.4) is 0 Å². The second kappa shape index (κ2) is 4.78. The van der Waals surface area contributed by atoms with Crippen LogP contribution in [0.1, 0.15) is 5.56 Å². The maximum Gasteiger partial charge on any atom is 0.326 e. The predicted molar refractivity (Wildman–Crippen MR) is 77.3 cm³/mol. The third kappa shape index (κ3) is 2.20. The lowest BCUT2D eigenvalue weighted by molar-refractivity contribution is 0.615. The van der Waals surface area contributed by atoms with Gasteiger partial charge in [0.05, 0.1) is 17.5 Å². The number of fused-ring (bicyclic) bond motifs is 1. The molecule has 1 radical (unpaired) electrons. The van der Waals surface area contributed by atoms with Gasteiger partial charge in [0.1, 0.15) is 5.52 Å². The van der Waals surface area contributed by atoms with Gasteiger partial charge in [0.25, 0.3) is 0 Å². The fourth-order valence-corrected chi connectivity index (χ4v) is 2.14. The standard InChI is InChI=1S/C14H13BN3O/c16-12-2-1-3-13-14(12)17-9-18(13)8-10-4-6-11(15-19)7-5-10/h1-7,9,19H,8,16H2. The van der Waals surface area contributed by atoms with Gasteiger partial charge in [-0.15, -0.1) is 0 Å². The summed E-state index contributed by atoms with van der Waals surface area (Å²) in [5, 5.41) is 8.90. The summed E-state index contributed by atoms with van der Waals surface area (Å²) in [5.74, 6) is 0. The zero-order chi connectivity index (χ0) is 13.2. The van der Waals surface area contributed by atoms with Gasteiger partial charge >= 0.3 is 7.48 Å². The fourth-order valence-electron chi connectivity index (χ4n) is 2.14. The number of nitrogens with two attached hydrogens (primary N) is 1. The van der Waals surface area contributed by atoms with Crippen molar-refractivity contribution in [2.45, 2.75) is 6.54 Å². The van der Waals surface area contributed by atoms with Crippen LogP contribution < -0.4 is 11.2 Å². The number of para-hydroxylation sites is 1. The van der Waals surface area contributed by atoms with Gasteiger partial charge in [-0.25, -0.2) is 4.98 Å². The summed E-state index contributed by atoms with van der Waals surface area (Å²) in [4.78, 5) is 4.34. The molecule has 1 heterocycles. The van der Waals surface area contributed by atoms with Crippen LogP contribution >= 0.6 is 0 Å². The molecule has 0 amide bonds. The molecular weight excluding hydrogens is 237 g/mol. The Morgan fingerprint density at radius 3 is 2.68 bits per heavy atom. The van der Waals surface area contributed by atoms with E-state index in [9.17, 15) is 0 Å². The van der Waals surface area contributed by atoms with E-state index in [2.05, 4.69) is 9.55 Å². The Hall–Kier alpha value is -2.27. The van der Waals surface area contributed by atoms with Gasteiger partial charge in [0, 0.05) is 6.54 Å². The number of hydrogen-bond acceptors (Lipinski definition) is 3. The molecule has 0 spiro atoms. The van der Waals surface area contributed by atoms with Crippen LogP contribution in [0.25, 0.3) is 11.0 Å². The normalized spacial score (nSPS) is 10.8. The Kier molecular flexibility index (Phi) is 2.97. The van der Waals surface area contributed by atoms with Crippen LogP contribution in [-0.4, -0.2) is 22.1 Å². The number of aromatic nitrogens is 2. The SMILES string of the molecule is Nc1cccc2c1ncn2Cc1ccc([B]O)cc1. The second-order valence-electron chi connectivity index (χ2n) is 4.46. The highest BCUT2D eigenvalue weighted by Crippen LogP contribution is 2.19. The van der Waals surface area contributed by atoms with Crippen LogP contribution in [0, 0.1) is 0 Å². The zero-order valence-electron chi connectivity index (χ0n) is 10.3. The van der Waals surface area contributed by atoms with Crippen molar-refractivity contribution in [3.63, 3.8) is 0 Å². The van der Waals surface area contributed by atoms with Crippen LogP contribution in [0.2, 0.25) is 0 Å². The molecule has 3 N–H and O–H groups in total. The summed E-state index contributed by atoms with van der Waals surface area (Å²) < 4.78 is 2.06. The van der Waals surface area contributed by atoms with E-state index in [1.165, 1.54) is 0 Å². The number of anilines is 1. The van der Waals surface area contributed by atoms with Crippen LogP contribution in [0.4, 0.5) is 5.69 Å². The Balaban J connectivity index is 1.94. The maximum absolute atomic E-state index is 8.90. The van der Waals surface area contributed by atoms with E-state index in [4.69, 9.17) is 10.8 Å². The van der Waals surface area contributed by atoms with E-state index < -0.39 is 0 Å². The average Bonchev–Trinajstić information content (AvgIpc) is 2.84. The summed E-state index contributed by atoms with van der Waals surface area (Å²) in [6.45, 7) is 0.728. The monoisotopic (exact) mass is 250 g/mol. The number of nitrogen functional groups attached to an aromatic ring is 1. The number of rotatable bonds is 3. The number of hydrogen-bond donors (Lipinski definition) is 2. The highest BCUT2D eigenvalue weighted by Gasteiger charge is 2.05. The highest BCUT2D eigenvalue weighted by atomic mass is 16.2. The maximum atomic E-state index is 8.90. The van der Waals surface area contributed by atoms with Gasteiger partial charge in [-0.3, -0.25) is 0 Å². The van der Waals surface area contributed by atoms with Crippen molar-refractivity contribution >= 4 is 29.7 Å². The molecule has 0 saturated carbocycles. The number of imidazole rings is 1. The van der Waals surface area contributed by atoms with Crippen molar-refractivity contribution in [2.75, 3.05) is 5.73 Å². The Morgan fingerprint density at radius 1 is 1.16 bits per heavy atom. The van der Waals surface area contributed by atoms with Gasteiger partial charge in [-0.05, 0) is 17.7 Å². The summed E-state index contributed by atoms with van der Waals surface area (Å²) in [6, 6.07) is 13.5. The third-order valence-corrected chi connectivity index (χ3v) is 3.16. The molecule has 5 heteroatoms. The van der Waals surface area contributed by atoms with Gasteiger partial charge in [-0.1, -0.05) is 35.8 Å². The molecule has 1 aromatic heterocycles. The van der Waals surface area contributed by atoms with Crippen LogP contribution in [0.15, 0.2) is 48.8 Å². The fraction of sp³-hybridized carbons (Fsp3) is 0.0714. The van der Waals surface area contributed by atoms with Crippen molar-refractivity contribution < 1.29 is 5.02 Å². The van der Waals surface area contributed by atoms with Crippen molar-refractivity contribution in [3.8, 4) is 0 Å². The summed E-state index contributed by atoms with van der Waals surface area (Å²) >= 11 is 0. The minimum absolute atomic E-state index is 0.696. The summed E-state index contributed by atoms with van der Waals surface area (Å²) in [5.41, 5.74) is 10.4. The van der Waals surface area contributed by atoms with E-state index >= 15 is 0 Å². The quantitative estimate of drug-likeness (QED) is 0.536. The minimum Gasteiger partial charge on any atom is -0.450 e. The number of nitrogens with zero attached hydrogens (tertiary/aromatic N) is 2. The predicted octanol–water partition coefficient (Wildman–Crippen LogP) is 0.904. The molecule has 4 nitrogen and oxygen atoms in total. The van der Waals surface area contributed by atoms with E-state index in [1.807, 2.05) is 42.5 Å². The smallest absolute Gasteiger partial charge is 0.326 e. The molecule has 0 aliphatic heterocycles. The van der Waals surface area contributed by atoms with E-state index in [0.29, 0.717) is 5.69 Å². The molecule has 0 unspecified atom stereocenters. The first-order valence-corrected chi connectivity index (χ1v) is 6.03. The zero-order valence-corrected chi connectivity index (χ0v) is 10.3.